The van der Waals surface area contributed by atoms with Crippen LogP contribution in [0.25, 0.3) is 0 Å². The summed E-state index contributed by atoms with van der Waals surface area (Å²) in [7, 11) is 3.83. The van der Waals surface area contributed by atoms with E-state index in [-0.39, 0.29) is 29.9 Å². The Balaban J connectivity index is 0.00000261. The van der Waals surface area contributed by atoms with E-state index in [0.29, 0.717) is 0 Å². The number of hydrogen-bond acceptors (Lipinski definition) is 1. The first-order chi connectivity index (χ1) is 12.8. The Labute approximate surface area is 178 Å². The van der Waals surface area contributed by atoms with Crippen molar-refractivity contribution in [2.24, 2.45) is 12.0 Å². The predicted molar refractivity (Wildman–Crippen MR) is 124 cm³/mol. The number of guanidine groups is 1. The monoisotopic (exact) mass is 474 g/mol. The van der Waals surface area contributed by atoms with E-state index in [1.807, 2.05) is 17.8 Å². The molecular weight excluding hydrogens is 447 g/mol. The van der Waals surface area contributed by atoms with Gasteiger partial charge in [0, 0.05) is 45.5 Å². The molecule has 0 saturated heterocycles. The number of rotatable bonds is 6. The normalized spacial score (nSPS) is 11.1. The Bertz CT molecular complexity index is 788. The summed E-state index contributed by atoms with van der Waals surface area (Å²) >= 11 is 0. The van der Waals surface area contributed by atoms with Crippen LogP contribution in [0.15, 0.2) is 84.1 Å². The zero-order valence-electron chi connectivity index (χ0n) is 15.8. The second kappa shape index (κ2) is 10.8. The molecule has 4 nitrogen and oxygen atoms in total. The molecule has 0 atom stereocenters. The van der Waals surface area contributed by atoms with Gasteiger partial charge in [-0.3, -0.25) is 4.99 Å². The molecule has 5 heteroatoms. The van der Waals surface area contributed by atoms with E-state index in [9.17, 15) is 0 Å². The molecule has 0 radical (unpaired) electrons. The minimum absolute atomic E-state index is 0. The third-order valence-corrected chi connectivity index (χ3v) is 4.45. The summed E-state index contributed by atoms with van der Waals surface area (Å²) < 4.78 is 2.05. The highest BCUT2D eigenvalue weighted by atomic mass is 127. The molecule has 3 rings (SSSR count). The number of aliphatic imine (C=N–C) groups is 1. The molecule has 142 valence electrons. The quantitative estimate of drug-likeness (QED) is 0.321. The summed E-state index contributed by atoms with van der Waals surface area (Å²) in [5.41, 5.74) is 3.83. The molecule has 1 heterocycles. The Kier molecular flexibility index (Phi) is 8.39. The summed E-state index contributed by atoms with van der Waals surface area (Å²) in [4.78, 5) is 4.36. The summed E-state index contributed by atoms with van der Waals surface area (Å²) in [6.07, 6.45) is 4.16. The number of hydrogen-bond donors (Lipinski definition) is 2. The fourth-order valence-corrected chi connectivity index (χ4v) is 3.07. The highest BCUT2D eigenvalue weighted by Gasteiger charge is 2.14. The second-order valence-electron chi connectivity index (χ2n) is 6.37. The lowest BCUT2D eigenvalue weighted by molar-refractivity contribution is 0.727. The smallest absolute Gasteiger partial charge is 0.191 e. The van der Waals surface area contributed by atoms with Gasteiger partial charge >= 0.3 is 0 Å². The van der Waals surface area contributed by atoms with Gasteiger partial charge in [0.05, 0.1) is 0 Å². The molecule has 0 aliphatic heterocycles. The van der Waals surface area contributed by atoms with Crippen molar-refractivity contribution in [2.75, 3.05) is 13.6 Å². The number of nitrogens with zero attached hydrogens (tertiary/aromatic N) is 2. The third-order valence-electron chi connectivity index (χ3n) is 4.45. The first kappa shape index (κ1) is 21.0. The minimum atomic E-state index is 0. The van der Waals surface area contributed by atoms with Crippen LogP contribution in [0.2, 0.25) is 0 Å². The van der Waals surface area contributed by atoms with Gasteiger partial charge in [-0.25, -0.2) is 0 Å². The number of aromatic nitrogens is 1. The van der Waals surface area contributed by atoms with Crippen molar-refractivity contribution in [2.45, 2.75) is 12.5 Å². The standard InChI is InChI=1S/C22H26N4.HI/c1-23-22(24-15-18-13-14-26(2)17-18)25-16-21(19-9-5-3-6-10-19)20-11-7-4-8-12-20;/h3-14,17,21H,15-16H2,1-2H3,(H2,23,24,25);1H. The molecule has 0 amide bonds. The van der Waals surface area contributed by atoms with Crippen LogP contribution >= 0.6 is 24.0 Å². The van der Waals surface area contributed by atoms with Crippen molar-refractivity contribution >= 4 is 29.9 Å². The van der Waals surface area contributed by atoms with Gasteiger partial charge < -0.3 is 15.2 Å². The zero-order valence-corrected chi connectivity index (χ0v) is 18.1. The Morgan fingerprint density at radius 1 is 0.926 bits per heavy atom. The molecule has 1 aromatic heterocycles. The van der Waals surface area contributed by atoms with Crippen LogP contribution in [0.1, 0.15) is 22.6 Å². The zero-order chi connectivity index (χ0) is 18.2. The van der Waals surface area contributed by atoms with Gasteiger partial charge in [-0.05, 0) is 22.8 Å². The van der Waals surface area contributed by atoms with E-state index in [4.69, 9.17) is 0 Å². The van der Waals surface area contributed by atoms with Gasteiger partial charge in [0.2, 0.25) is 0 Å². The average molecular weight is 474 g/mol. The van der Waals surface area contributed by atoms with Gasteiger partial charge in [-0.15, -0.1) is 24.0 Å². The van der Waals surface area contributed by atoms with Gasteiger partial charge in [-0.2, -0.15) is 0 Å². The van der Waals surface area contributed by atoms with E-state index in [1.54, 1.807) is 7.05 Å². The average Bonchev–Trinajstić information content (AvgIpc) is 3.11. The van der Waals surface area contributed by atoms with Crippen LogP contribution in [-0.2, 0) is 13.6 Å². The van der Waals surface area contributed by atoms with E-state index in [2.05, 4.69) is 88.6 Å². The van der Waals surface area contributed by atoms with Crippen LogP contribution in [0.4, 0.5) is 0 Å². The van der Waals surface area contributed by atoms with Crippen molar-refractivity contribution in [3.8, 4) is 0 Å². The number of benzene rings is 2. The second-order valence-corrected chi connectivity index (χ2v) is 6.37. The lowest BCUT2D eigenvalue weighted by atomic mass is 9.91. The Morgan fingerprint density at radius 2 is 1.52 bits per heavy atom. The van der Waals surface area contributed by atoms with Crippen molar-refractivity contribution < 1.29 is 0 Å². The molecule has 3 aromatic rings. The Hall–Kier alpha value is -2.28. The molecule has 0 aliphatic carbocycles. The molecule has 0 fully saturated rings. The number of aryl methyl sites for hydroxylation is 1. The Morgan fingerprint density at radius 3 is 2.00 bits per heavy atom. The van der Waals surface area contributed by atoms with Gasteiger partial charge in [-0.1, -0.05) is 60.7 Å². The number of halogens is 1. The molecular formula is C22H27IN4. The SMILES string of the molecule is CN=C(NCc1ccn(C)c1)NCC(c1ccccc1)c1ccccc1.I. The summed E-state index contributed by atoms with van der Waals surface area (Å²) in [6, 6.07) is 23.3. The van der Waals surface area contributed by atoms with E-state index < -0.39 is 0 Å². The molecule has 0 aliphatic rings. The predicted octanol–water partition coefficient (Wildman–Crippen LogP) is 4.14. The first-order valence-electron chi connectivity index (χ1n) is 8.91. The molecule has 0 saturated carbocycles. The van der Waals surface area contributed by atoms with Gasteiger partial charge in [0.25, 0.3) is 0 Å². The van der Waals surface area contributed by atoms with Gasteiger partial charge in [0.15, 0.2) is 5.96 Å². The first-order valence-corrected chi connectivity index (χ1v) is 8.91. The highest BCUT2D eigenvalue weighted by Crippen LogP contribution is 2.23. The fourth-order valence-electron chi connectivity index (χ4n) is 3.07. The van der Waals surface area contributed by atoms with Crippen molar-refractivity contribution in [1.29, 1.82) is 0 Å². The summed E-state index contributed by atoms with van der Waals surface area (Å²) in [6.45, 7) is 1.53. The topological polar surface area (TPSA) is 41.4 Å². The molecule has 0 unspecified atom stereocenters. The van der Waals surface area contributed by atoms with Crippen LogP contribution in [0, 0.1) is 0 Å². The number of nitrogens with one attached hydrogen (secondary N) is 2. The molecule has 2 aromatic carbocycles. The fraction of sp³-hybridized carbons (Fsp3) is 0.227. The molecule has 0 bridgehead atoms. The minimum Gasteiger partial charge on any atom is -0.357 e. The summed E-state index contributed by atoms with van der Waals surface area (Å²) in [5.74, 6) is 1.08. The lowest BCUT2D eigenvalue weighted by Crippen LogP contribution is -2.39. The maximum atomic E-state index is 4.36. The van der Waals surface area contributed by atoms with E-state index in [0.717, 1.165) is 19.0 Å². The molecule has 27 heavy (non-hydrogen) atoms. The van der Waals surface area contributed by atoms with Crippen LogP contribution < -0.4 is 10.6 Å². The largest absolute Gasteiger partial charge is 0.357 e. The van der Waals surface area contributed by atoms with E-state index >= 15 is 0 Å². The van der Waals surface area contributed by atoms with Crippen molar-refractivity contribution in [3.63, 3.8) is 0 Å². The lowest BCUT2D eigenvalue weighted by Gasteiger charge is -2.20. The van der Waals surface area contributed by atoms with Crippen LogP contribution in [-0.4, -0.2) is 24.1 Å². The summed E-state index contributed by atoms with van der Waals surface area (Å²) in [5, 5.41) is 6.86. The maximum Gasteiger partial charge on any atom is 0.191 e. The van der Waals surface area contributed by atoms with E-state index in [1.165, 1.54) is 16.7 Å². The van der Waals surface area contributed by atoms with Crippen LogP contribution in [0.3, 0.4) is 0 Å². The third kappa shape index (κ3) is 6.13. The maximum absolute atomic E-state index is 4.36. The van der Waals surface area contributed by atoms with Crippen molar-refractivity contribution in [1.82, 2.24) is 15.2 Å². The van der Waals surface area contributed by atoms with Gasteiger partial charge in [0.1, 0.15) is 0 Å². The van der Waals surface area contributed by atoms with Crippen molar-refractivity contribution in [3.05, 3.63) is 95.8 Å². The van der Waals surface area contributed by atoms with Crippen LogP contribution in [0.5, 0.6) is 0 Å². The molecule has 2 N–H and O–H groups in total. The highest BCUT2D eigenvalue weighted by molar-refractivity contribution is 14.0. The molecule has 0 spiro atoms.